The van der Waals surface area contributed by atoms with Crippen LogP contribution in [0.25, 0.3) is 0 Å². The lowest BCUT2D eigenvalue weighted by Crippen LogP contribution is -2.39. The van der Waals surface area contributed by atoms with Gasteiger partial charge in [-0.1, -0.05) is 20.8 Å². The van der Waals surface area contributed by atoms with E-state index in [1.165, 1.54) is 0 Å². The molecule has 3 nitrogen and oxygen atoms in total. The van der Waals surface area contributed by atoms with Gasteiger partial charge < -0.3 is 10.6 Å². The first-order valence-electron chi connectivity index (χ1n) is 5.74. The van der Waals surface area contributed by atoms with E-state index < -0.39 is 0 Å². The van der Waals surface area contributed by atoms with Gasteiger partial charge in [-0.05, 0) is 24.5 Å². The average Bonchev–Trinajstić information content (AvgIpc) is 2.26. The third-order valence-electron chi connectivity index (χ3n) is 3.26. The Morgan fingerprint density at radius 3 is 2.38 bits per heavy atom. The highest BCUT2D eigenvalue weighted by molar-refractivity contribution is 5.45. The van der Waals surface area contributed by atoms with Crippen molar-refractivity contribution in [2.45, 2.75) is 40.3 Å². The summed E-state index contributed by atoms with van der Waals surface area (Å²) in [7, 11) is 2.11. The summed E-state index contributed by atoms with van der Waals surface area (Å²) >= 11 is 0. The molecule has 1 heterocycles. The standard InChI is InChI=1S/C13H23N3/c1-10(13(2,3)4)16(5)12-7-6-11(8-14)15-9-12/h6-7,9-10H,8,14H2,1-5H3. The molecule has 1 unspecified atom stereocenters. The van der Waals surface area contributed by atoms with Gasteiger partial charge in [-0.15, -0.1) is 0 Å². The SMILES string of the molecule is CC(N(C)c1ccc(CN)nc1)C(C)(C)C. The second-order valence-corrected chi connectivity index (χ2v) is 5.36. The van der Waals surface area contributed by atoms with E-state index in [1.54, 1.807) is 0 Å². The number of hydrogen-bond acceptors (Lipinski definition) is 3. The summed E-state index contributed by atoms with van der Waals surface area (Å²) in [6.45, 7) is 9.47. The van der Waals surface area contributed by atoms with E-state index in [2.05, 4.69) is 50.7 Å². The van der Waals surface area contributed by atoms with Crippen molar-refractivity contribution in [1.82, 2.24) is 4.98 Å². The summed E-state index contributed by atoms with van der Waals surface area (Å²) in [5, 5.41) is 0. The van der Waals surface area contributed by atoms with Crippen molar-refractivity contribution in [1.29, 1.82) is 0 Å². The first-order valence-corrected chi connectivity index (χ1v) is 5.74. The molecule has 3 heteroatoms. The van der Waals surface area contributed by atoms with Crippen molar-refractivity contribution < 1.29 is 0 Å². The predicted molar refractivity (Wildman–Crippen MR) is 69.4 cm³/mol. The Labute approximate surface area is 98.7 Å². The Morgan fingerprint density at radius 2 is 2.00 bits per heavy atom. The van der Waals surface area contributed by atoms with Gasteiger partial charge in [0.05, 0.1) is 17.6 Å². The van der Waals surface area contributed by atoms with E-state index in [0.717, 1.165) is 11.4 Å². The number of anilines is 1. The highest BCUT2D eigenvalue weighted by atomic mass is 15.1. The van der Waals surface area contributed by atoms with Gasteiger partial charge in [-0.3, -0.25) is 4.98 Å². The predicted octanol–water partition coefficient (Wildman–Crippen LogP) is 2.41. The van der Waals surface area contributed by atoms with Crippen LogP contribution < -0.4 is 10.6 Å². The second kappa shape index (κ2) is 4.83. The number of nitrogens with two attached hydrogens (primary N) is 1. The smallest absolute Gasteiger partial charge is 0.0552 e. The molecule has 0 bridgehead atoms. The van der Waals surface area contributed by atoms with Crippen LogP contribution in [0.3, 0.4) is 0 Å². The number of hydrogen-bond donors (Lipinski definition) is 1. The molecular formula is C13H23N3. The van der Waals surface area contributed by atoms with Crippen LogP contribution in [0.1, 0.15) is 33.4 Å². The zero-order chi connectivity index (χ0) is 12.3. The van der Waals surface area contributed by atoms with E-state index in [-0.39, 0.29) is 5.41 Å². The second-order valence-electron chi connectivity index (χ2n) is 5.36. The minimum absolute atomic E-state index is 0.251. The van der Waals surface area contributed by atoms with Crippen LogP contribution in [0.2, 0.25) is 0 Å². The minimum Gasteiger partial charge on any atom is -0.370 e. The lowest BCUT2D eigenvalue weighted by Gasteiger charge is -2.36. The van der Waals surface area contributed by atoms with Crippen molar-refractivity contribution in [3.05, 3.63) is 24.0 Å². The summed E-state index contributed by atoms with van der Waals surface area (Å²) < 4.78 is 0. The molecule has 90 valence electrons. The van der Waals surface area contributed by atoms with Crippen molar-refractivity contribution in [3.8, 4) is 0 Å². The van der Waals surface area contributed by atoms with Gasteiger partial charge in [-0.2, -0.15) is 0 Å². The van der Waals surface area contributed by atoms with E-state index in [0.29, 0.717) is 12.6 Å². The summed E-state index contributed by atoms with van der Waals surface area (Å²) in [4.78, 5) is 6.57. The topological polar surface area (TPSA) is 42.1 Å². The lowest BCUT2D eigenvalue weighted by molar-refractivity contribution is 0.329. The molecule has 0 aliphatic carbocycles. The molecule has 1 aromatic rings. The van der Waals surface area contributed by atoms with Crippen LogP contribution in [0.4, 0.5) is 5.69 Å². The maximum atomic E-state index is 5.53. The number of aromatic nitrogens is 1. The lowest BCUT2D eigenvalue weighted by atomic mass is 9.87. The molecule has 1 rings (SSSR count). The average molecular weight is 221 g/mol. The Hall–Kier alpha value is -1.09. The molecule has 0 aliphatic heterocycles. The van der Waals surface area contributed by atoms with Crippen LogP contribution >= 0.6 is 0 Å². The number of nitrogens with zero attached hydrogens (tertiary/aromatic N) is 2. The Morgan fingerprint density at radius 1 is 1.38 bits per heavy atom. The number of pyridine rings is 1. The molecule has 16 heavy (non-hydrogen) atoms. The van der Waals surface area contributed by atoms with E-state index >= 15 is 0 Å². The van der Waals surface area contributed by atoms with Gasteiger partial charge in [0.2, 0.25) is 0 Å². The van der Waals surface area contributed by atoms with Crippen molar-refractivity contribution in [2.24, 2.45) is 11.1 Å². The molecule has 0 spiro atoms. The normalized spacial score (nSPS) is 13.6. The van der Waals surface area contributed by atoms with Gasteiger partial charge in [-0.25, -0.2) is 0 Å². The van der Waals surface area contributed by atoms with Gasteiger partial charge in [0.25, 0.3) is 0 Å². The highest BCUT2D eigenvalue weighted by Crippen LogP contribution is 2.26. The summed E-state index contributed by atoms with van der Waals surface area (Å²) in [6, 6.07) is 4.52. The fraction of sp³-hybridized carbons (Fsp3) is 0.615. The van der Waals surface area contributed by atoms with E-state index in [4.69, 9.17) is 5.73 Å². The monoisotopic (exact) mass is 221 g/mol. The molecule has 0 fully saturated rings. The first kappa shape index (κ1) is 13.0. The quantitative estimate of drug-likeness (QED) is 0.852. The molecule has 0 radical (unpaired) electrons. The molecule has 2 N–H and O–H groups in total. The number of rotatable bonds is 3. The van der Waals surface area contributed by atoms with Gasteiger partial charge in [0.1, 0.15) is 0 Å². The van der Waals surface area contributed by atoms with E-state index in [1.807, 2.05) is 12.3 Å². The van der Waals surface area contributed by atoms with Crippen molar-refractivity contribution in [2.75, 3.05) is 11.9 Å². The van der Waals surface area contributed by atoms with Crippen molar-refractivity contribution >= 4 is 5.69 Å². The Kier molecular flexibility index (Phi) is 3.92. The van der Waals surface area contributed by atoms with Gasteiger partial charge >= 0.3 is 0 Å². The molecule has 1 aromatic heterocycles. The van der Waals surface area contributed by atoms with Crippen LogP contribution in [0, 0.1) is 5.41 Å². The molecule has 1 atom stereocenters. The molecule has 0 amide bonds. The zero-order valence-corrected chi connectivity index (χ0v) is 11.0. The summed E-state index contributed by atoms with van der Waals surface area (Å²) in [5.41, 5.74) is 7.85. The third kappa shape index (κ3) is 2.95. The molecule has 0 saturated heterocycles. The minimum atomic E-state index is 0.251. The van der Waals surface area contributed by atoms with Gasteiger partial charge in [0.15, 0.2) is 0 Å². The van der Waals surface area contributed by atoms with Crippen LogP contribution in [0.15, 0.2) is 18.3 Å². The highest BCUT2D eigenvalue weighted by Gasteiger charge is 2.24. The maximum Gasteiger partial charge on any atom is 0.0552 e. The summed E-state index contributed by atoms with van der Waals surface area (Å²) in [6.07, 6.45) is 1.89. The van der Waals surface area contributed by atoms with Crippen LogP contribution in [0.5, 0.6) is 0 Å². The molecule has 0 saturated carbocycles. The van der Waals surface area contributed by atoms with Crippen LogP contribution in [-0.4, -0.2) is 18.1 Å². The molecule has 0 aromatic carbocycles. The van der Waals surface area contributed by atoms with E-state index in [9.17, 15) is 0 Å². The molecular weight excluding hydrogens is 198 g/mol. The maximum absolute atomic E-state index is 5.53. The zero-order valence-electron chi connectivity index (χ0n) is 11.0. The van der Waals surface area contributed by atoms with Crippen molar-refractivity contribution in [3.63, 3.8) is 0 Å². The molecule has 0 aliphatic rings. The fourth-order valence-electron chi connectivity index (χ4n) is 1.55. The van der Waals surface area contributed by atoms with Crippen LogP contribution in [-0.2, 0) is 6.54 Å². The summed E-state index contributed by atoms with van der Waals surface area (Å²) in [5.74, 6) is 0. The Bertz CT molecular complexity index is 324. The first-order chi connectivity index (χ1) is 7.36. The van der Waals surface area contributed by atoms with Gasteiger partial charge in [0, 0.05) is 19.6 Å². The fourth-order valence-corrected chi connectivity index (χ4v) is 1.55. The Balaban J connectivity index is 2.84. The largest absolute Gasteiger partial charge is 0.370 e. The third-order valence-corrected chi connectivity index (χ3v) is 3.26.